The van der Waals surface area contributed by atoms with Crippen molar-refractivity contribution in [2.45, 2.75) is 31.6 Å². The molecule has 21 heavy (non-hydrogen) atoms. The minimum Gasteiger partial charge on any atom is -0.306 e. The summed E-state index contributed by atoms with van der Waals surface area (Å²) in [7, 11) is 0.892. The second-order valence-electron chi connectivity index (χ2n) is 5.76. The summed E-state index contributed by atoms with van der Waals surface area (Å²) in [6.45, 7) is 2.27. The highest BCUT2D eigenvalue weighted by atomic mass is 32.2. The largest absolute Gasteiger partial charge is 0.306 e. The Balaban J connectivity index is 2.00. The summed E-state index contributed by atoms with van der Waals surface area (Å²) in [6.07, 6.45) is 4.94. The van der Waals surface area contributed by atoms with Crippen LogP contribution in [0.4, 0.5) is 0 Å². The van der Waals surface area contributed by atoms with Crippen LogP contribution in [0.15, 0.2) is 24.3 Å². The summed E-state index contributed by atoms with van der Waals surface area (Å²) in [5.74, 6) is 0.454. The van der Waals surface area contributed by atoms with Crippen LogP contribution in [0.2, 0.25) is 0 Å². The second kappa shape index (κ2) is 7.71. The Labute approximate surface area is 129 Å². The van der Waals surface area contributed by atoms with Gasteiger partial charge >= 0.3 is 0 Å². The van der Waals surface area contributed by atoms with Crippen LogP contribution in [0, 0.1) is 0 Å². The van der Waals surface area contributed by atoms with Gasteiger partial charge in [-0.25, -0.2) is 4.21 Å². The van der Waals surface area contributed by atoms with Crippen LogP contribution in [0.1, 0.15) is 36.3 Å². The van der Waals surface area contributed by atoms with Crippen LogP contribution in [0.5, 0.6) is 0 Å². The van der Waals surface area contributed by atoms with Gasteiger partial charge in [0, 0.05) is 12.7 Å². The normalized spacial score (nSPS) is 18.4. The fourth-order valence-electron chi connectivity index (χ4n) is 2.94. The zero-order valence-electron chi connectivity index (χ0n) is 12.8. The summed E-state index contributed by atoms with van der Waals surface area (Å²) < 4.78 is 13.4. The van der Waals surface area contributed by atoms with Crippen LogP contribution >= 0.6 is 0 Å². The molecule has 2 rings (SSSR count). The molecule has 1 fully saturated rings. The SMILES string of the molecule is CN1CCC(c2ccccc2CCC(=O)NS(C)=O)CC1. The van der Waals surface area contributed by atoms with Gasteiger partial charge in [0.05, 0.1) is 0 Å². The molecule has 1 N–H and O–H groups in total. The van der Waals surface area contributed by atoms with E-state index in [1.165, 1.54) is 30.2 Å². The average Bonchev–Trinajstić information content (AvgIpc) is 2.46. The lowest BCUT2D eigenvalue weighted by atomic mass is 9.85. The van der Waals surface area contributed by atoms with Crippen LogP contribution < -0.4 is 4.72 Å². The van der Waals surface area contributed by atoms with Crippen molar-refractivity contribution in [1.29, 1.82) is 0 Å². The van der Waals surface area contributed by atoms with E-state index in [0.717, 1.165) is 13.1 Å². The number of hydrogen-bond donors (Lipinski definition) is 1. The number of piperidine rings is 1. The molecule has 0 aromatic heterocycles. The zero-order chi connectivity index (χ0) is 15.2. The van der Waals surface area contributed by atoms with Crippen molar-refractivity contribution in [1.82, 2.24) is 9.62 Å². The quantitative estimate of drug-likeness (QED) is 0.903. The molecule has 1 atom stereocenters. The molecule has 1 saturated heterocycles. The van der Waals surface area contributed by atoms with E-state index in [2.05, 4.69) is 34.9 Å². The molecular formula is C16H24N2O2S. The highest BCUT2D eigenvalue weighted by Gasteiger charge is 2.20. The number of amides is 1. The molecule has 1 amide bonds. The number of rotatable bonds is 5. The van der Waals surface area contributed by atoms with Gasteiger partial charge < -0.3 is 4.90 Å². The third kappa shape index (κ3) is 4.93. The van der Waals surface area contributed by atoms with Crippen LogP contribution in [0.25, 0.3) is 0 Å². The number of carbonyl (C=O) groups excluding carboxylic acids is 1. The molecule has 5 heteroatoms. The Hall–Kier alpha value is -1.20. The lowest BCUT2D eigenvalue weighted by molar-refractivity contribution is -0.119. The first kappa shape index (κ1) is 16.2. The zero-order valence-corrected chi connectivity index (χ0v) is 13.6. The molecule has 4 nitrogen and oxygen atoms in total. The average molecular weight is 308 g/mol. The van der Waals surface area contributed by atoms with Crippen molar-refractivity contribution in [3.05, 3.63) is 35.4 Å². The van der Waals surface area contributed by atoms with Gasteiger partial charge in [-0.3, -0.25) is 9.52 Å². The first-order valence-corrected chi connectivity index (χ1v) is 9.01. The topological polar surface area (TPSA) is 49.4 Å². The maximum Gasteiger partial charge on any atom is 0.231 e. The van der Waals surface area contributed by atoms with E-state index in [4.69, 9.17) is 0 Å². The smallest absolute Gasteiger partial charge is 0.231 e. The van der Waals surface area contributed by atoms with E-state index in [-0.39, 0.29) is 5.91 Å². The standard InChI is InChI=1S/C16H24N2O2S/c1-18-11-9-14(10-12-18)15-6-4-3-5-13(15)7-8-16(19)17-21(2)20/h3-6,14H,7-12H2,1-2H3,(H,17,19). The van der Waals surface area contributed by atoms with Crippen molar-refractivity contribution in [2.75, 3.05) is 26.4 Å². The Bertz CT molecular complexity index is 511. The minimum absolute atomic E-state index is 0.144. The molecule has 0 bridgehead atoms. The molecule has 0 radical (unpaired) electrons. The fourth-order valence-corrected chi connectivity index (χ4v) is 3.36. The van der Waals surface area contributed by atoms with E-state index in [1.54, 1.807) is 0 Å². The van der Waals surface area contributed by atoms with Gasteiger partial charge in [0.25, 0.3) is 0 Å². The number of aryl methyl sites for hydroxylation is 1. The number of likely N-dealkylation sites (tertiary alicyclic amines) is 1. The third-order valence-electron chi connectivity index (χ3n) is 4.09. The summed E-state index contributed by atoms with van der Waals surface area (Å²) in [6, 6.07) is 8.42. The van der Waals surface area contributed by atoms with Gasteiger partial charge in [-0.05, 0) is 56.4 Å². The van der Waals surface area contributed by atoms with Gasteiger partial charge in [-0.2, -0.15) is 0 Å². The van der Waals surface area contributed by atoms with Crippen molar-refractivity contribution in [2.24, 2.45) is 0 Å². The summed E-state index contributed by atoms with van der Waals surface area (Å²) in [4.78, 5) is 14.0. The van der Waals surface area contributed by atoms with E-state index < -0.39 is 11.0 Å². The van der Waals surface area contributed by atoms with Crippen LogP contribution in [-0.4, -0.2) is 41.4 Å². The maximum atomic E-state index is 11.6. The number of carbonyl (C=O) groups is 1. The first-order chi connectivity index (χ1) is 10.1. The Morgan fingerprint density at radius 3 is 2.67 bits per heavy atom. The third-order valence-corrected chi connectivity index (χ3v) is 4.61. The molecule has 1 aliphatic rings. The fraction of sp³-hybridized carbons (Fsp3) is 0.562. The molecular weight excluding hydrogens is 284 g/mol. The lowest BCUT2D eigenvalue weighted by Gasteiger charge is -2.30. The monoisotopic (exact) mass is 308 g/mol. The second-order valence-corrected chi connectivity index (χ2v) is 6.87. The van der Waals surface area contributed by atoms with Gasteiger partial charge in [0.1, 0.15) is 11.0 Å². The van der Waals surface area contributed by atoms with Crippen LogP contribution in [0.3, 0.4) is 0 Å². The molecule has 1 aromatic rings. The van der Waals surface area contributed by atoms with Gasteiger partial charge in [0.2, 0.25) is 5.91 Å². The Kier molecular flexibility index (Phi) is 5.94. The Morgan fingerprint density at radius 1 is 1.33 bits per heavy atom. The predicted octanol–water partition coefficient (Wildman–Crippen LogP) is 1.84. The number of hydrogen-bond acceptors (Lipinski definition) is 3. The van der Waals surface area contributed by atoms with Crippen molar-refractivity contribution in [3.8, 4) is 0 Å². The summed E-state index contributed by atoms with van der Waals surface area (Å²) >= 11 is 0. The van der Waals surface area contributed by atoms with Crippen molar-refractivity contribution in [3.63, 3.8) is 0 Å². The molecule has 1 unspecified atom stereocenters. The maximum absolute atomic E-state index is 11.6. The molecule has 1 aromatic carbocycles. The highest BCUT2D eigenvalue weighted by molar-refractivity contribution is 7.82. The van der Waals surface area contributed by atoms with Gasteiger partial charge in [-0.1, -0.05) is 24.3 Å². The van der Waals surface area contributed by atoms with E-state index in [1.807, 2.05) is 6.07 Å². The molecule has 0 saturated carbocycles. The van der Waals surface area contributed by atoms with Crippen LogP contribution in [-0.2, 0) is 22.2 Å². The highest BCUT2D eigenvalue weighted by Crippen LogP contribution is 2.30. The van der Waals surface area contributed by atoms with Gasteiger partial charge in [-0.15, -0.1) is 0 Å². The van der Waals surface area contributed by atoms with E-state index >= 15 is 0 Å². The number of benzene rings is 1. The van der Waals surface area contributed by atoms with E-state index in [0.29, 0.717) is 18.8 Å². The summed E-state index contributed by atoms with van der Waals surface area (Å²) in [5.41, 5.74) is 2.64. The lowest BCUT2D eigenvalue weighted by Crippen LogP contribution is -2.29. The van der Waals surface area contributed by atoms with Crippen molar-refractivity contribution >= 4 is 16.9 Å². The molecule has 0 aliphatic carbocycles. The summed E-state index contributed by atoms with van der Waals surface area (Å²) in [5, 5.41) is 0. The molecule has 0 spiro atoms. The number of nitrogens with zero attached hydrogens (tertiary/aromatic N) is 1. The minimum atomic E-state index is -1.27. The Morgan fingerprint density at radius 2 is 2.00 bits per heavy atom. The molecule has 1 heterocycles. The molecule has 116 valence electrons. The van der Waals surface area contributed by atoms with Gasteiger partial charge in [0.15, 0.2) is 0 Å². The van der Waals surface area contributed by atoms with E-state index in [9.17, 15) is 9.00 Å². The van der Waals surface area contributed by atoms with Crippen molar-refractivity contribution < 1.29 is 9.00 Å². The first-order valence-electron chi connectivity index (χ1n) is 7.45. The number of nitrogens with one attached hydrogen (secondary N) is 1. The predicted molar refractivity (Wildman–Crippen MR) is 86.4 cm³/mol. The molecule has 1 aliphatic heterocycles.